The summed E-state index contributed by atoms with van der Waals surface area (Å²) in [6.07, 6.45) is 3.97. The molecule has 1 heterocycles. The zero-order valence-electron chi connectivity index (χ0n) is 10.9. The maximum absolute atomic E-state index is 5.33. The minimum atomic E-state index is 0.240. The SMILES string of the molecule is C=CCONC1C=C(I)CN(Cc2ccccc2)C1. The number of rotatable bonds is 6. The van der Waals surface area contributed by atoms with Crippen LogP contribution in [0.3, 0.4) is 0 Å². The predicted molar refractivity (Wildman–Crippen MR) is 86.9 cm³/mol. The summed E-state index contributed by atoms with van der Waals surface area (Å²) in [5, 5.41) is 0. The summed E-state index contributed by atoms with van der Waals surface area (Å²) in [5.74, 6) is 0. The van der Waals surface area contributed by atoms with Gasteiger partial charge in [0.25, 0.3) is 0 Å². The van der Waals surface area contributed by atoms with Gasteiger partial charge >= 0.3 is 0 Å². The number of nitrogens with zero attached hydrogens (tertiary/aromatic N) is 1. The molecule has 0 amide bonds. The van der Waals surface area contributed by atoms with Crippen molar-refractivity contribution in [2.45, 2.75) is 12.6 Å². The van der Waals surface area contributed by atoms with Crippen LogP contribution in [-0.2, 0) is 11.4 Å². The number of nitrogens with one attached hydrogen (secondary N) is 1. The van der Waals surface area contributed by atoms with Gasteiger partial charge in [0.1, 0.15) is 0 Å². The van der Waals surface area contributed by atoms with E-state index >= 15 is 0 Å². The van der Waals surface area contributed by atoms with Crippen LogP contribution in [0.15, 0.2) is 52.6 Å². The van der Waals surface area contributed by atoms with Gasteiger partial charge in [-0.2, -0.15) is 5.48 Å². The normalized spacial score (nSPS) is 20.1. The van der Waals surface area contributed by atoms with E-state index in [1.165, 1.54) is 9.14 Å². The van der Waals surface area contributed by atoms with E-state index in [1.54, 1.807) is 6.08 Å². The van der Waals surface area contributed by atoms with E-state index in [1.807, 2.05) is 0 Å². The van der Waals surface area contributed by atoms with Gasteiger partial charge in [0, 0.05) is 23.2 Å². The van der Waals surface area contributed by atoms with Gasteiger partial charge in [0.05, 0.1) is 12.6 Å². The molecule has 102 valence electrons. The summed E-state index contributed by atoms with van der Waals surface area (Å²) in [4.78, 5) is 7.75. The lowest BCUT2D eigenvalue weighted by Gasteiger charge is -2.30. The first-order valence-corrected chi connectivity index (χ1v) is 7.46. The first-order chi connectivity index (χ1) is 9.28. The fourth-order valence-electron chi connectivity index (χ4n) is 2.13. The summed E-state index contributed by atoms with van der Waals surface area (Å²) in [6.45, 7) is 7.10. The van der Waals surface area contributed by atoms with Gasteiger partial charge in [0.15, 0.2) is 0 Å². The van der Waals surface area contributed by atoms with Crippen molar-refractivity contribution in [3.63, 3.8) is 0 Å². The molecule has 0 fully saturated rings. The minimum Gasteiger partial charge on any atom is -0.297 e. The van der Waals surface area contributed by atoms with E-state index < -0.39 is 0 Å². The number of hydroxylamine groups is 1. The lowest BCUT2D eigenvalue weighted by atomic mass is 10.1. The van der Waals surface area contributed by atoms with Crippen molar-refractivity contribution in [1.82, 2.24) is 10.4 Å². The van der Waals surface area contributed by atoms with Crippen LogP contribution in [0.5, 0.6) is 0 Å². The first kappa shape index (κ1) is 14.7. The molecule has 1 aliphatic heterocycles. The van der Waals surface area contributed by atoms with Crippen molar-refractivity contribution in [1.29, 1.82) is 0 Å². The molecule has 0 spiro atoms. The topological polar surface area (TPSA) is 24.5 Å². The smallest absolute Gasteiger partial charge is 0.0861 e. The summed E-state index contributed by atoms with van der Waals surface area (Å²) in [5.41, 5.74) is 4.42. The monoisotopic (exact) mass is 370 g/mol. The molecule has 1 N–H and O–H groups in total. The molecule has 4 heteroatoms. The molecule has 0 saturated heterocycles. The van der Waals surface area contributed by atoms with Gasteiger partial charge in [-0.05, 0) is 28.2 Å². The molecule has 1 atom stereocenters. The highest BCUT2D eigenvalue weighted by atomic mass is 127. The Labute approximate surface area is 128 Å². The third-order valence-electron chi connectivity index (χ3n) is 2.90. The zero-order chi connectivity index (χ0) is 13.5. The Morgan fingerprint density at radius 3 is 2.95 bits per heavy atom. The van der Waals surface area contributed by atoms with E-state index in [9.17, 15) is 0 Å². The van der Waals surface area contributed by atoms with Crippen LogP contribution in [0.2, 0.25) is 0 Å². The highest BCUT2D eigenvalue weighted by Gasteiger charge is 2.19. The van der Waals surface area contributed by atoms with E-state index in [2.05, 4.69) is 76.0 Å². The van der Waals surface area contributed by atoms with Gasteiger partial charge in [-0.3, -0.25) is 9.74 Å². The number of hydrogen-bond acceptors (Lipinski definition) is 3. The molecule has 2 rings (SSSR count). The highest BCUT2D eigenvalue weighted by Crippen LogP contribution is 2.18. The second-order valence-electron chi connectivity index (χ2n) is 4.59. The lowest BCUT2D eigenvalue weighted by molar-refractivity contribution is 0.0343. The third kappa shape index (κ3) is 5.06. The van der Waals surface area contributed by atoms with Crippen LogP contribution in [-0.4, -0.2) is 30.6 Å². The van der Waals surface area contributed by atoms with E-state index in [-0.39, 0.29) is 6.04 Å². The second kappa shape index (κ2) is 7.79. The van der Waals surface area contributed by atoms with Crippen molar-refractivity contribution in [2.24, 2.45) is 0 Å². The van der Waals surface area contributed by atoms with Crippen LogP contribution < -0.4 is 5.48 Å². The fourth-order valence-corrected chi connectivity index (χ4v) is 3.04. The van der Waals surface area contributed by atoms with Crippen molar-refractivity contribution in [2.75, 3.05) is 19.7 Å². The Hall–Kier alpha value is -0.690. The molecular formula is C15H19IN2O. The molecule has 0 aromatic heterocycles. The molecule has 1 aromatic rings. The van der Waals surface area contributed by atoms with E-state index in [0.717, 1.165) is 19.6 Å². The van der Waals surface area contributed by atoms with Gasteiger partial charge in [-0.25, -0.2) is 0 Å². The number of hydrogen-bond donors (Lipinski definition) is 1. The third-order valence-corrected chi connectivity index (χ3v) is 3.60. The summed E-state index contributed by atoms with van der Waals surface area (Å²) in [6, 6.07) is 10.8. The molecule has 3 nitrogen and oxygen atoms in total. The van der Waals surface area contributed by atoms with Crippen LogP contribution >= 0.6 is 22.6 Å². The molecular weight excluding hydrogens is 351 g/mol. The quantitative estimate of drug-likeness (QED) is 0.361. The number of benzene rings is 1. The first-order valence-electron chi connectivity index (χ1n) is 6.38. The molecule has 1 unspecified atom stereocenters. The Bertz CT molecular complexity index is 433. The van der Waals surface area contributed by atoms with Crippen LogP contribution in [0.1, 0.15) is 5.56 Å². The molecule has 0 aliphatic carbocycles. The van der Waals surface area contributed by atoms with Gasteiger partial charge in [0.2, 0.25) is 0 Å². The molecule has 0 bridgehead atoms. The maximum atomic E-state index is 5.33. The predicted octanol–water partition coefficient (Wildman–Crippen LogP) is 2.90. The van der Waals surface area contributed by atoms with Crippen LogP contribution in [0.4, 0.5) is 0 Å². The molecule has 1 aliphatic rings. The summed E-state index contributed by atoms with van der Waals surface area (Å²) >= 11 is 2.39. The average molecular weight is 370 g/mol. The van der Waals surface area contributed by atoms with Crippen LogP contribution in [0, 0.1) is 0 Å². The van der Waals surface area contributed by atoms with E-state index in [4.69, 9.17) is 4.84 Å². The largest absolute Gasteiger partial charge is 0.297 e. The maximum Gasteiger partial charge on any atom is 0.0861 e. The standard InChI is InChI=1S/C15H19IN2O/c1-2-8-19-17-15-9-14(16)11-18(12-15)10-13-6-4-3-5-7-13/h2-7,9,15,17H,1,8,10-12H2. The molecule has 1 aromatic carbocycles. The van der Waals surface area contributed by atoms with Crippen molar-refractivity contribution in [3.05, 3.63) is 58.2 Å². The summed E-state index contributed by atoms with van der Waals surface area (Å²) in [7, 11) is 0. The van der Waals surface area contributed by atoms with Crippen molar-refractivity contribution >= 4 is 22.6 Å². The molecule has 0 saturated carbocycles. The van der Waals surface area contributed by atoms with E-state index in [0.29, 0.717) is 6.61 Å². The fraction of sp³-hybridized carbons (Fsp3) is 0.333. The highest BCUT2D eigenvalue weighted by molar-refractivity contribution is 14.1. The minimum absolute atomic E-state index is 0.240. The van der Waals surface area contributed by atoms with Crippen LogP contribution in [0.25, 0.3) is 0 Å². The van der Waals surface area contributed by atoms with Gasteiger partial charge in [-0.1, -0.05) is 42.5 Å². The molecule has 19 heavy (non-hydrogen) atoms. The second-order valence-corrected chi connectivity index (χ2v) is 5.98. The summed E-state index contributed by atoms with van der Waals surface area (Å²) < 4.78 is 1.35. The molecule has 0 radical (unpaired) electrons. The van der Waals surface area contributed by atoms with Gasteiger partial charge in [-0.15, -0.1) is 6.58 Å². The van der Waals surface area contributed by atoms with Crippen molar-refractivity contribution in [3.8, 4) is 0 Å². The zero-order valence-corrected chi connectivity index (χ0v) is 13.0. The average Bonchev–Trinajstić information content (AvgIpc) is 2.39. The lowest BCUT2D eigenvalue weighted by Crippen LogP contribution is -2.43. The Morgan fingerprint density at radius 1 is 1.42 bits per heavy atom. The van der Waals surface area contributed by atoms with Gasteiger partial charge < -0.3 is 0 Å². The Balaban J connectivity index is 1.89. The Morgan fingerprint density at radius 2 is 2.21 bits per heavy atom. The van der Waals surface area contributed by atoms with Crippen molar-refractivity contribution < 1.29 is 4.84 Å². The Kier molecular flexibility index (Phi) is 6.03. The number of halogens is 1.